The number of nitrogens with zero attached hydrogens (tertiary/aromatic N) is 2. The summed E-state index contributed by atoms with van der Waals surface area (Å²) in [4.78, 5) is 4.44. The average Bonchev–Trinajstić information content (AvgIpc) is 2.69. The van der Waals surface area contributed by atoms with Gasteiger partial charge in [-0.15, -0.1) is 0 Å². The van der Waals surface area contributed by atoms with E-state index in [1.165, 1.54) is 0 Å². The molecule has 1 N–H and O–H groups in total. The van der Waals surface area contributed by atoms with Crippen LogP contribution in [0.15, 0.2) is 12.4 Å². The standard InChI is InChI=1S/C15H27N3O/c1-6-19-11-7-8-16-13-17-9-10-18(13)12-14(2,3)15(12,4)5/h9-10,12H,6-8,11H2,1-5H3,(H,16,17). The number of aromatic nitrogens is 2. The van der Waals surface area contributed by atoms with E-state index in [1.54, 1.807) is 0 Å². The van der Waals surface area contributed by atoms with Crippen molar-refractivity contribution in [1.29, 1.82) is 0 Å². The Morgan fingerprint density at radius 2 is 2.00 bits per heavy atom. The van der Waals surface area contributed by atoms with Gasteiger partial charge in [0.15, 0.2) is 0 Å². The fourth-order valence-corrected chi connectivity index (χ4v) is 3.03. The maximum Gasteiger partial charge on any atom is 0.203 e. The molecule has 0 spiro atoms. The summed E-state index contributed by atoms with van der Waals surface area (Å²) in [5, 5.41) is 3.42. The first-order valence-electron chi connectivity index (χ1n) is 7.27. The lowest BCUT2D eigenvalue weighted by Gasteiger charge is -2.11. The van der Waals surface area contributed by atoms with Gasteiger partial charge in [0.1, 0.15) is 0 Å². The van der Waals surface area contributed by atoms with Crippen LogP contribution in [0.5, 0.6) is 0 Å². The highest BCUT2D eigenvalue weighted by atomic mass is 16.5. The van der Waals surface area contributed by atoms with Gasteiger partial charge in [-0.2, -0.15) is 0 Å². The van der Waals surface area contributed by atoms with E-state index in [0.29, 0.717) is 16.9 Å². The van der Waals surface area contributed by atoms with E-state index in [0.717, 1.165) is 32.1 Å². The number of ether oxygens (including phenoxy) is 1. The van der Waals surface area contributed by atoms with Crippen LogP contribution in [-0.4, -0.2) is 29.3 Å². The summed E-state index contributed by atoms with van der Waals surface area (Å²) in [6, 6.07) is 0.525. The van der Waals surface area contributed by atoms with Crippen molar-refractivity contribution in [3.05, 3.63) is 12.4 Å². The fraction of sp³-hybridized carbons (Fsp3) is 0.800. The zero-order valence-corrected chi connectivity index (χ0v) is 12.9. The van der Waals surface area contributed by atoms with E-state index < -0.39 is 0 Å². The molecule has 0 aromatic carbocycles. The minimum absolute atomic E-state index is 0.329. The first-order valence-corrected chi connectivity index (χ1v) is 7.27. The topological polar surface area (TPSA) is 39.1 Å². The molecule has 1 heterocycles. The van der Waals surface area contributed by atoms with Gasteiger partial charge in [0.2, 0.25) is 5.95 Å². The molecular weight excluding hydrogens is 238 g/mol. The Bertz CT molecular complexity index is 409. The van der Waals surface area contributed by atoms with Crippen LogP contribution >= 0.6 is 0 Å². The van der Waals surface area contributed by atoms with Crippen LogP contribution in [0.2, 0.25) is 0 Å². The predicted octanol–water partition coefficient (Wildman–Crippen LogP) is 3.33. The van der Waals surface area contributed by atoms with E-state index in [2.05, 4.69) is 48.8 Å². The highest BCUT2D eigenvalue weighted by molar-refractivity contribution is 5.31. The molecule has 0 atom stereocenters. The molecule has 1 aliphatic carbocycles. The third-order valence-corrected chi connectivity index (χ3v) is 4.84. The highest BCUT2D eigenvalue weighted by Gasteiger charge is 2.66. The monoisotopic (exact) mass is 265 g/mol. The van der Waals surface area contributed by atoms with E-state index in [1.807, 2.05) is 13.1 Å². The molecule has 4 heteroatoms. The Hall–Kier alpha value is -1.03. The number of nitrogens with one attached hydrogen (secondary N) is 1. The van der Waals surface area contributed by atoms with Crippen molar-refractivity contribution in [2.24, 2.45) is 10.8 Å². The normalized spacial score (nSPS) is 20.5. The van der Waals surface area contributed by atoms with E-state index in [4.69, 9.17) is 4.74 Å². The Kier molecular flexibility index (Phi) is 3.90. The third kappa shape index (κ3) is 2.50. The molecule has 0 saturated heterocycles. The number of hydrogen-bond donors (Lipinski definition) is 1. The van der Waals surface area contributed by atoms with E-state index >= 15 is 0 Å². The zero-order chi connectivity index (χ0) is 14.1. The zero-order valence-electron chi connectivity index (χ0n) is 12.9. The molecule has 2 rings (SSSR count). The fourth-order valence-electron chi connectivity index (χ4n) is 3.03. The minimum atomic E-state index is 0.329. The van der Waals surface area contributed by atoms with Crippen LogP contribution in [0.3, 0.4) is 0 Å². The molecular formula is C15H27N3O. The van der Waals surface area contributed by atoms with E-state index in [-0.39, 0.29) is 0 Å². The number of hydrogen-bond acceptors (Lipinski definition) is 3. The molecule has 1 saturated carbocycles. The molecule has 19 heavy (non-hydrogen) atoms. The summed E-state index contributed by atoms with van der Waals surface area (Å²) >= 11 is 0. The van der Waals surface area contributed by atoms with Crippen LogP contribution in [0.4, 0.5) is 5.95 Å². The van der Waals surface area contributed by atoms with Crippen LogP contribution in [0.1, 0.15) is 47.1 Å². The first kappa shape index (κ1) is 14.4. The first-order chi connectivity index (χ1) is 8.93. The number of anilines is 1. The quantitative estimate of drug-likeness (QED) is 0.769. The SMILES string of the molecule is CCOCCCNc1nccn1C1C(C)(C)C1(C)C. The van der Waals surface area contributed by atoms with Gasteiger partial charge in [0, 0.05) is 38.2 Å². The van der Waals surface area contributed by atoms with Crippen LogP contribution in [-0.2, 0) is 4.74 Å². The molecule has 0 radical (unpaired) electrons. The number of rotatable bonds is 7. The van der Waals surface area contributed by atoms with Gasteiger partial charge in [-0.05, 0) is 24.2 Å². The molecule has 0 amide bonds. The summed E-state index contributed by atoms with van der Waals surface area (Å²) in [6.07, 6.45) is 4.99. The Morgan fingerprint density at radius 3 is 2.58 bits per heavy atom. The maximum atomic E-state index is 5.34. The lowest BCUT2D eigenvalue weighted by molar-refractivity contribution is 0.147. The van der Waals surface area contributed by atoms with Crippen molar-refractivity contribution in [1.82, 2.24) is 9.55 Å². The van der Waals surface area contributed by atoms with Crippen molar-refractivity contribution >= 4 is 5.95 Å². The maximum absolute atomic E-state index is 5.34. The van der Waals surface area contributed by atoms with Gasteiger partial charge < -0.3 is 14.6 Å². The highest BCUT2D eigenvalue weighted by Crippen LogP contribution is 2.71. The lowest BCUT2D eigenvalue weighted by atomic mass is 10.0. The summed E-state index contributed by atoms with van der Waals surface area (Å²) in [7, 11) is 0. The molecule has 0 aliphatic heterocycles. The molecule has 1 aliphatic rings. The second kappa shape index (κ2) is 5.16. The largest absolute Gasteiger partial charge is 0.382 e. The Morgan fingerprint density at radius 1 is 1.32 bits per heavy atom. The Labute approximate surface area is 116 Å². The van der Waals surface area contributed by atoms with Crippen LogP contribution in [0.25, 0.3) is 0 Å². The van der Waals surface area contributed by atoms with Crippen molar-refractivity contribution in [3.8, 4) is 0 Å². The van der Waals surface area contributed by atoms with Crippen LogP contribution < -0.4 is 5.32 Å². The van der Waals surface area contributed by atoms with Crippen molar-refractivity contribution in [2.45, 2.75) is 47.1 Å². The third-order valence-electron chi connectivity index (χ3n) is 4.84. The summed E-state index contributed by atoms with van der Waals surface area (Å²) in [6.45, 7) is 13.9. The van der Waals surface area contributed by atoms with E-state index in [9.17, 15) is 0 Å². The Balaban J connectivity index is 1.93. The summed E-state index contributed by atoms with van der Waals surface area (Å²) in [5.41, 5.74) is 0.658. The number of imidazole rings is 1. The van der Waals surface area contributed by atoms with Gasteiger partial charge in [-0.25, -0.2) is 4.98 Å². The van der Waals surface area contributed by atoms with Crippen LogP contribution in [0, 0.1) is 10.8 Å². The van der Waals surface area contributed by atoms with Crippen molar-refractivity contribution in [2.75, 3.05) is 25.1 Å². The van der Waals surface area contributed by atoms with Crippen molar-refractivity contribution < 1.29 is 4.74 Å². The van der Waals surface area contributed by atoms with Gasteiger partial charge in [0.05, 0.1) is 0 Å². The van der Waals surface area contributed by atoms with Gasteiger partial charge in [0.25, 0.3) is 0 Å². The van der Waals surface area contributed by atoms with Crippen molar-refractivity contribution in [3.63, 3.8) is 0 Å². The molecule has 4 nitrogen and oxygen atoms in total. The molecule has 0 unspecified atom stereocenters. The van der Waals surface area contributed by atoms with Gasteiger partial charge in [-0.1, -0.05) is 27.7 Å². The van der Waals surface area contributed by atoms with Gasteiger partial charge in [-0.3, -0.25) is 0 Å². The predicted molar refractivity (Wildman–Crippen MR) is 78.4 cm³/mol. The molecule has 1 aromatic heterocycles. The molecule has 108 valence electrons. The minimum Gasteiger partial charge on any atom is -0.382 e. The second-order valence-corrected chi connectivity index (χ2v) is 6.48. The lowest BCUT2D eigenvalue weighted by Crippen LogP contribution is -2.11. The molecule has 1 aromatic rings. The summed E-state index contributed by atoms with van der Waals surface area (Å²) < 4.78 is 7.63. The molecule has 0 bridgehead atoms. The molecule has 1 fully saturated rings. The average molecular weight is 265 g/mol. The second-order valence-electron chi connectivity index (χ2n) is 6.48. The smallest absolute Gasteiger partial charge is 0.203 e. The summed E-state index contributed by atoms with van der Waals surface area (Å²) in [5.74, 6) is 0.986. The van der Waals surface area contributed by atoms with Gasteiger partial charge >= 0.3 is 0 Å².